The summed E-state index contributed by atoms with van der Waals surface area (Å²) < 4.78 is 10.0. The third-order valence-electron chi connectivity index (χ3n) is 25.5. The van der Waals surface area contributed by atoms with Crippen LogP contribution in [0.3, 0.4) is 0 Å². The average Bonchev–Trinajstić information content (AvgIpc) is 1.58. The first kappa shape index (κ1) is 61.7. The molecule has 4 heteroatoms. The number of benzene rings is 20. The lowest BCUT2D eigenvalue weighted by molar-refractivity contribution is 1.18. The molecule has 2 aliphatic carbocycles. The molecule has 0 saturated carbocycles. The second kappa shape index (κ2) is 23.2. The molecule has 0 aliphatic heterocycles. The van der Waals surface area contributed by atoms with Gasteiger partial charge in [-0.05, 0) is 247 Å². The fraction of sp³-hybridized carbons (Fsp3) is 0. The van der Waals surface area contributed by atoms with Gasteiger partial charge >= 0.3 is 0 Å². The van der Waals surface area contributed by atoms with Crippen molar-refractivity contribution < 1.29 is 0 Å². The quantitative estimate of drug-likeness (QED) is 0.144. The van der Waals surface area contributed by atoms with Crippen molar-refractivity contribution in [2.24, 2.45) is 0 Å². The van der Waals surface area contributed by atoms with Crippen LogP contribution in [0.1, 0.15) is 0 Å². The van der Waals surface area contributed by atoms with Crippen LogP contribution in [0.2, 0.25) is 0 Å². The normalized spacial score (nSPS) is 12.4. The Labute approximate surface area is 655 Å². The van der Waals surface area contributed by atoms with Crippen molar-refractivity contribution in [3.05, 3.63) is 388 Å². The van der Waals surface area contributed by atoms with Crippen molar-refractivity contribution in [3.8, 4) is 112 Å². The van der Waals surface area contributed by atoms with Crippen LogP contribution in [0, 0.1) is 0 Å². The molecule has 0 atom stereocenters. The van der Waals surface area contributed by atoms with E-state index in [9.17, 15) is 0 Å². The Morgan fingerprint density at radius 1 is 0.132 bits per heavy atom. The van der Waals surface area contributed by atoms with E-state index in [1.54, 1.807) is 0 Å². The Kier molecular flexibility index (Phi) is 12.6. The first-order valence-electron chi connectivity index (χ1n) is 39.6. The lowest BCUT2D eigenvalue weighted by atomic mass is 9.94. The molecule has 24 aromatic rings. The summed E-state index contributed by atoms with van der Waals surface area (Å²) in [6.45, 7) is 0. The molecule has 2 aliphatic rings. The van der Waals surface area contributed by atoms with Crippen LogP contribution < -0.4 is 0 Å². The molecule has 114 heavy (non-hydrogen) atoms. The Bertz CT molecular complexity index is 8410. The molecule has 4 aromatic heterocycles. The maximum Gasteiger partial charge on any atom is 0.0619 e. The van der Waals surface area contributed by atoms with Crippen LogP contribution in [0.25, 0.3) is 253 Å². The van der Waals surface area contributed by atoms with Crippen molar-refractivity contribution in [1.29, 1.82) is 0 Å². The maximum atomic E-state index is 2.57. The molecule has 20 aromatic carbocycles. The highest BCUT2D eigenvalue weighted by Crippen LogP contribution is 2.53. The molecule has 4 nitrogen and oxygen atoms in total. The summed E-state index contributed by atoms with van der Waals surface area (Å²) in [4.78, 5) is 0. The van der Waals surface area contributed by atoms with Crippen LogP contribution >= 0.6 is 0 Å². The van der Waals surface area contributed by atoms with Crippen molar-refractivity contribution in [2.45, 2.75) is 0 Å². The molecule has 524 valence electrons. The molecular formula is C110H64N4. The van der Waals surface area contributed by atoms with E-state index in [4.69, 9.17) is 0 Å². The summed E-state index contributed by atoms with van der Waals surface area (Å²) in [6, 6.07) is 147. The zero-order valence-electron chi connectivity index (χ0n) is 61.7. The van der Waals surface area contributed by atoms with Crippen LogP contribution in [-0.4, -0.2) is 18.3 Å². The van der Waals surface area contributed by atoms with Gasteiger partial charge in [-0.1, -0.05) is 273 Å². The summed E-state index contributed by atoms with van der Waals surface area (Å²) in [5.74, 6) is 0. The van der Waals surface area contributed by atoms with Gasteiger partial charge in [-0.2, -0.15) is 0 Å². The summed E-state index contributed by atoms with van der Waals surface area (Å²) in [5, 5.41) is 22.3. The molecular weight excluding hydrogens is 1380 g/mol. The monoisotopic (exact) mass is 1440 g/mol. The van der Waals surface area contributed by atoms with Crippen molar-refractivity contribution >= 4 is 141 Å². The van der Waals surface area contributed by atoms with Gasteiger partial charge in [-0.25, -0.2) is 0 Å². The van der Waals surface area contributed by atoms with Gasteiger partial charge in [0, 0.05) is 76.6 Å². The smallest absolute Gasteiger partial charge is 0.0619 e. The largest absolute Gasteiger partial charge is 0.309 e. The van der Waals surface area contributed by atoms with Gasteiger partial charge in [0.2, 0.25) is 0 Å². The molecule has 0 saturated heterocycles. The number of para-hydroxylation sites is 1. The number of fused-ring (bicyclic) bond motifs is 23. The predicted molar refractivity (Wildman–Crippen MR) is 482 cm³/mol. The highest BCUT2D eigenvalue weighted by Gasteiger charge is 2.28. The van der Waals surface area contributed by atoms with Gasteiger partial charge in [0.25, 0.3) is 0 Å². The zero-order chi connectivity index (χ0) is 74.1. The second-order valence-electron chi connectivity index (χ2n) is 31.4. The van der Waals surface area contributed by atoms with Gasteiger partial charge in [-0.3, -0.25) is 0 Å². The van der Waals surface area contributed by atoms with Crippen molar-refractivity contribution in [3.63, 3.8) is 0 Å². The Morgan fingerprint density at radius 2 is 0.491 bits per heavy atom. The standard InChI is InChI=1S/C110H64N4/c1-2-16-65(17-3-1)71-25-10-26-77(56-71)111-101-35-9-8-28-86(101)96-58-72(38-51-102(96)111)73-41-54-106-98(60-73)93-50-49-83-81(29-15-34-91(83)110(93)114(106)80-45-48-85-88-31-12-22-69-24-14-33-90(108(69)88)95(85)64-80)76-42-55-104-100(62-76)99-61-75(39-52-103(99)112(104)78-43-36-66-18-4-5-20-70(66)57-78)74-40-53-105-97(59-74)92-46-37-67-19-6-7-27-82(67)109(92)113(105)79-44-47-84-87-30-11-21-68-23-13-32-89(107(68)87)94(84)63-79/h1-64H. The molecule has 0 unspecified atom stereocenters. The van der Waals surface area contributed by atoms with Crippen LogP contribution in [0.15, 0.2) is 388 Å². The molecule has 0 radical (unpaired) electrons. The molecule has 26 rings (SSSR count). The van der Waals surface area contributed by atoms with E-state index < -0.39 is 0 Å². The van der Waals surface area contributed by atoms with Gasteiger partial charge in [0.15, 0.2) is 0 Å². The highest BCUT2D eigenvalue weighted by atomic mass is 15.0. The average molecular weight is 1440 g/mol. The van der Waals surface area contributed by atoms with E-state index in [2.05, 4.69) is 407 Å². The van der Waals surface area contributed by atoms with Crippen LogP contribution in [-0.2, 0) is 0 Å². The zero-order valence-corrected chi connectivity index (χ0v) is 61.7. The van der Waals surface area contributed by atoms with E-state index in [1.165, 1.54) is 208 Å². The van der Waals surface area contributed by atoms with E-state index in [0.29, 0.717) is 0 Å². The lowest BCUT2D eigenvalue weighted by Gasteiger charge is -2.14. The number of hydrogen-bond donors (Lipinski definition) is 0. The first-order chi connectivity index (χ1) is 56.5. The maximum absolute atomic E-state index is 2.57. The van der Waals surface area contributed by atoms with Crippen LogP contribution in [0.4, 0.5) is 0 Å². The van der Waals surface area contributed by atoms with Gasteiger partial charge in [0.05, 0.1) is 44.1 Å². The number of aromatic nitrogens is 4. The lowest BCUT2D eigenvalue weighted by Crippen LogP contribution is -1.96. The van der Waals surface area contributed by atoms with Gasteiger partial charge in [-0.15, -0.1) is 0 Å². The molecule has 0 N–H and O–H groups in total. The fourth-order valence-electron chi connectivity index (χ4n) is 20.5. The topological polar surface area (TPSA) is 19.7 Å². The molecule has 0 spiro atoms. The first-order valence-corrected chi connectivity index (χ1v) is 39.6. The summed E-state index contributed by atoms with van der Waals surface area (Å²) in [5.41, 5.74) is 33.8. The molecule has 0 fully saturated rings. The Morgan fingerprint density at radius 3 is 1.10 bits per heavy atom. The van der Waals surface area contributed by atoms with E-state index in [-0.39, 0.29) is 0 Å². The summed E-state index contributed by atoms with van der Waals surface area (Å²) >= 11 is 0. The number of hydrogen-bond acceptors (Lipinski definition) is 0. The van der Waals surface area contributed by atoms with Gasteiger partial charge < -0.3 is 18.3 Å². The van der Waals surface area contributed by atoms with Gasteiger partial charge in [0.1, 0.15) is 0 Å². The van der Waals surface area contributed by atoms with Crippen LogP contribution in [0.5, 0.6) is 0 Å². The third kappa shape index (κ3) is 8.71. The summed E-state index contributed by atoms with van der Waals surface area (Å²) in [7, 11) is 0. The van der Waals surface area contributed by atoms with Crippen molar-refractivity contribution in [1.82, 2.24) is 18.3 Å². The molecule has 0 amide bonds. The van der Waals surface area contributed by atoms with E-state index in [0.717, 1.165) is 44.9 Å². The van der Waals surface area contributed by atoms with E-state index >= 15 is 0 Å². The SMILES string of the molecule is c1ccc(-c2cccc(-n3c4ccccc4c4cc(-c5ccc6c(c5)c5ccc7c(-c8ccc9c(c8)c8cc(-c%10ccc%11c(c%10)c%10ccc%12ccccc%12c%10n%11-c%10ccc%11c(c%10)-c%10cccc%12cccc-%11c%10%12)ccc8n9-c8ccc9ccccc9c8)cccc7c5n6-c5ccc6c(c5)-c5cccc7cccc-6c57)ccc43)c2)cc1. The fourth-order valence-corrected chi connectivity index (χ4v) is 20.5. The summed E-state index contributed by atoms with van der Waals surface area (Å²) in [6.07, 6.45) is 0. The second-order valence-corrected chi connectivity index (χ2v) is 31.4. The van der Waals surface area contributed by atoms with E-state index in [1.807, 2.05) is 0 Å². The number of nitrogens with zero attached hydrogens (tertiary/aromatic N) is 4. The Balaban J connectivity index is 0.651. The minimum Gasteiger partial charge on any atom is -0.309 e. The molecule has 0 bridgehead atoms. The highest BCUT2D eigenvalue weighted by molar-refractivity contribution is 6.25. The minimum absolute atomic E-state index is 1.13. The predicted octanol–water partition coefficient (Wildman–Crippen LogP) is 29.8. The Hall–Kier alpha value is -15.1. The number of rotatable bonds is 8. The minimum atomic E-state index is 1.13. The third-order valence-corrected chi connectivity index (χ3v) is 25.5. The molecule has 4 heterocycles. The van der Waals surface area contributed by atoms with Crippen molar-refractivity contribution in [2.75, 3.05) is 0 Å².